The first-order valence-corrected chi connectivity index (χ1v) is 9.85. The minimum absolute atomic E-state index is 0.0534. The van der Waals surface area contributed by atoms with E-state index in [-0.39, 0.29) is 24.5 Å². The molecule has 0 radical (unpaired) electrons. The lowest BCUT2D eigenvalue weighted by Gasteiger charge is -2.24. The molecule has 0 bridgehead atoms. The minimum atomic E-state index is -0.277. The summed E-state index contributed by atoms with van der Waals surface area (Å²) >= 11 is 0. The monoisotopic (exact) mass is 396 g/mol. The van der Waals surface area contributed by atoms with E-state index in [4.69, 9.17) is 14.2 Å². The van der Waals surface area contributed by atoms with E-state index in [0.717, 1.165) is 19.4 Å². The van der Waals surface area contributed by atoms with Gasteiger partial charge in [0, 0.05) is 24.4 Å². The van der Waals surface area contributed by atoms with Gasteiger partial charge in [-0.1, -0.05) is 18.2 Å². The Morgan fingerprint density at radius 2 is 1.79 bits per heavy atom. The molecular formula is C22H24N2O5. The van der Waals surface area contributed by atoms with Gasteiger partial charge in [0.15, 0.2) is 11.5 Å². The molecule has 0 spiro atoms. The van der Waals surface area contributed by atoms with Gasteiger partial charge in [-0.25, -0.2) is 0 Å². The number of amides is 2. The summed E-state index contributed by atoms with van der Waals surface area (Å²) in [6.45, 7) is 2.04. The zero-order chi connectivity index (χ0) is 20.1. The summed E-state index contributed by atoms with van der Waals surface area (Å²) in [6, 6.07) is 14.2. The second kappa shape index (κ2) is 8.96. The molecule has 0 unspecified atom stereocenters. The standard InChI is InChI=1S/C22H24N2O5/c25-21(23-14-18-7-4-10-27-18)15-24(17-5-2-1-3-6-17)22(26)16-8-9-19-20(13-16)29-12-11-28-19/h1-3,5-6,8-9,13,18H,4,7,10-12,14-15H2,(H,23,25)/t18-/m1/s1. The van der Waals surface area contributed by atoms with E-state index >= 15 is 0 Å². The van der Waals surface area contributed by atoms with Gasteiger partial charge in [0.05, 0.1) is 6.10 Å². The minimum Gasteiger partial charge on any atom is -0.486 e. The van der Waals surface area contributed by atoms with Crippen LogP contribution in [0.5, 0.6) is 11.5 Å². The number of anilines is 1. The lowest BCUT2D eigenvalue weighted by molar-refractivity contribution is -0.120. The van der Waals surface area contributed by atoms with Gasteiger partial charge in [0.2, 0.25) is 5.91 Å². The summed E-state index contributed by atoms with van der Waals surface area (Å²) in [5.41, 5.74) is 1.09. The number of carbonyl (C=O) groups is 2. The molecule has 1 atom stereocenters. The largest absolute Gasteiger partial charge is 0.486 e. The Bertz CT molecular complexity index is 865. The quantitative estimate of drug-likeness (QED) is 0.811. The molecule has 2 aromatic rings. The van der Waals surface area contributed by atoms with Gasteiger partial charge >= 0.3 is 0 Å². The van der Waals surface area contributed by atoms with Crippen molar-refractivity contribution in [2.45, 2.75) is 18.9 Å². The van der Waals surface area contributed by atoms with Crippen LogP contribution in [0.3, 0.4) is 0 Å². The number of carbonyl (C=O) groups excluding carboxylic acids is 2. The van der Waals surface area contributed by atoms with Gasteiger partial charge in [-0.15, -0.1) is 0 Å². The van der Waals surface area contributed by atoms with Crippen LogP contribution in [0.4, 0.5) is 5.69 Å². The Morgan fingerprint density at radius 1 is 1.00 bits per heavy atom. The molecular weight excluding hydrogens is 372 g/mol. The van der Waals surface area contributed by atoms with E-state index in [2.05, 4.69) is 5.32 Å². The van der Waals surface area contributed by atoms with Gasteiger partial charge in [-0.05, 0) is 43.2 Å². The molecule has 152 valence electrons. The number of rotatable bonds is 6. The zero-order valence-corrected chi connectivity index (χ0v) is 16.1. The number of para-hydroxylation sites is 1. The molecule has 0 aliphatic carbocycles. The molecule has 7 nitrogen and oxygen atoms in total. The van der Waals surface area contributed by atoms with E-state index in [1.54, 1.807) is 18.2 Å². The highest BCUT2D eigenvalue weighted by molar-refractivity contribution is 6.09. The first-order valence-electron chi connectivity index (χ1n) is 9.85. The Kier molecular flexibility index (Phi) is 5.95. The first-order chi connectivity index (χ1) is 14.2. The van der Waals surface area contributed by atoms with Crippen molar-refractivity contribution in [3.8, 4) is 11.5 Å². The van der Waals surface area contributed by atoms with Gasteiger partial charge in [0.1, 0.15) is 19.8 Å². The molecule has 1 fully saturated rings. The van der Waals surface area contributed by atoms with Crippen LogP contribution in [0.2, 0.25) is 0 Å². The molecule has 2 aliphatic rings. The Morgan fingerprint density at radius 3 is 2.55 bits per heavy atom. The van der Waals surface area contributed by atoms with Crippen LogP contribution in [0.15, 0.2) is 48.5 Å². The van der Waals surface area contributed by atoms with Crippen LogP contribution in [-0.2, 0) is 9.53 Å². The van der Waals surface area contributed by atoms with Gasteiger partial charge in [-0.2, -0.15) is 0 Å². The predicted octanol–water partition coefficient (Wildman–Crippen LogP) is 2.40. The van der Waals surface area contributed by atoms with Crippen LogP contribution in [-0.4, -0.2) is 50.8 Å². The van der Waals surface area contributed by atoms with Crippen LogP contribution in [0.25, 0.3) is 0 Å². The molecule has 0 aromatic heterocycles. The fourth-order valence-electron chi connectivity index (χ4n) is 3.45. The van der Waals surface area contributed by atoms with Crippen LogP contribution < -0.4 is 19.7 Å². The van der Waals surface area contributed by atoms with Gasteiger partial charge < -0.3 is 19.5 Å². The predicted molar refractivity (Wildman–Crippen MR) is 108 cm³/mol. The molecule has 4 rings (SSSR count). The second-order valence-corrected chi connectivity index (χ2v) is 7.02. The lowest BCUT2D eigenvalue weighted by atomic mass is 10.1. The topological polar surface area (TPSA) is 77.1 Å². The van der Waals surface area contributed by atoms with Crippen LogP contribution in [0.1, 0.15) is 23.2 Å². The highest BCUT2D eigenvalue weighted by Crippen LogP contribution is 2.31. The van der Waals surface area contributed by atoms with Crippen molar-refractivity contribution in [2.24, 2.45) is 0 Å². The van der Waals surface area contributed by atoms with Crippen molar-refractivity contribution in [1.82, 2.24) is 5.32 Å². The van der Waals surface area contributed by atoms with Crippen LogP contribution >= 0.6 is 0 Å². The highest BCUT2D eigenvalue weighted by atomic mass is 16.6. The van der Waals surface area contributed by atoms with Crippen molar-refractivity contribution in [3.05, 3.63) is 54.1 Å². The number of benzene rings is 2. The first kappa shape index (κ1) is 19.3. The smallest absolute Gasteiger partial charge is 0.258 e. The molecule has 2 aromatic carbocycles. The maximum absolute atomic E-state index is 13.3. The average molecular weight is 396 g/mol. The van der Waals surface area contributed by atoms with Crippen molar-refractivity contribution in [1.29, 1.82) is 0 Å². The normalized spacial score (nSPS) is 17.6. The number of fused-ring (bicyclic) bond motifs is 1. The molecule has 7 heteroatoms. The summed E-state index contributed by atoms with van der Waals surface area (Å²) in [5, 5.41) is 2.88. The van der Waals surface area contributed by atoms with Crippen molar-refractivity contribution in [3.63, 3.8) is 0 Å². The third-order valence-electron chi connectivity index (χ3n) is 4.95. The van der Waals surface area contributed by atoms with E-state index in [0.29, 0.717) is 42.5 Å². The van der Waals surface area contributed by atoms with E-state index < -0.39 is 0 Å². The second-order valence-electron chi connectivity index (χ2n) is 7.02. The Hall–Kier alpha value is -3.06. The molecule has 1 saturated heterocycles. The maximum Gasteiger partial charge on any atom is 0.258 e. The van der Waals surface area contributed by atoms with Crippen molar-refractivity contribution in [2.75, 3.05) is 37.8 Å². The highest BCUT2D eigenvalue weighted by Gasteiger charge is 2.24. The zero-order valence-electron chi connectivity index (χ0n) is 16.1. The lowest BCUT2D eigenvalue weighted by Crippen LogP contribution is -2.43. The molecule has 1 N–H and O–H groups in total. The van der Waals surface area contributed by atoms with Gasteiger partial charge in [-0.3, -0.25) is 14.5 Å². The number of ether oxygens (including phenoxy) is 3. The van der Waals surface area contributed by atoms with Crippen LogP contribution in [0, 0.1) is 0 Å². The summed E-state index contributed by atoms with van der Waals surface area (Å²) in [5.74, 6) is 0.655. The Labute approximate surface area is 169 Å². The number of nitrogens with zero attached hydrogens (tertiary/aromatic N) is 1. The van der Waals surface area contributed by atoms with Gasteiger partial charge in [0.25, 0.3) is 5.91 Å². The fourth-order valence-corrected chi connectivity index (χ4v) is 3.45. The van der Waals surface area contributed by atoms with Crippen molar-refractivity contribution < 1.29 is 23.8 Å². The fraction of sp³-hybridized carbons (Fsp3) is 0.364. The molecule has 2 heterocycles. The average Bonchev–Trinajstić information content (AvgIpc) is 3.29. The molecule has 2 aliphatic heterocycles. The molecule has 29 heavy (non-hydrogen) atoms. The number of hydrogen-bond donors (Lipinski definition) is 1. The van der Waals surface area contributed by atoms with E-state index in [1.807, 2.05) is 30.3 Å². The summed E-state index contributed by atoms with van der Waals surface area (Å²) < 4.78 is 16.7. The molecule has 0 saturated carbocycles. The summed E-state index contributed by atoms with van der Waals surface area (Å²) in [7, 11) is 0. The van der Waals surface area contributed by atoms with E-state index in [1.165, 1.54) is 4.90 Å². The maximum atomic E-state index is 13.3. The number of nitrogens with one attached hydrogen (secondary N) is 1. The molecule has 2 amide bonds. The summed E-state index contributed by atoms with van der Waals surface area (Å²) in [4.78, 5) is 27.3. The SMILES string of the molecule is O=C(CN(C(=O)c1ccc2c(c1)OCCO2)c1ccccc1)NC[C@H]1CCCO1. The third kappa shape index (κ3) is 4.68. The van der Waals surface area contributed by atoms with E-state index in [9.17, 15) is 9.59 Å². The number of hydrogen-bond acceptors (Lipinski definition) is 5. The summed E-state index contributed by atoms with van der Waals surface area (Å²) in [6.07, 6.45) is 2.01. The Balaban J connectivity index is 1.50. The van der Waals surface area contributed by atoms with Crippen molar-refractivity contribution >= 4 is 17.5 Å². The third-order valence-corrected chi connectivity index (χ3v) is 4.95.